The van der Waals surface area contributed by atoms with Crippen molar-refractivity contribution in [2.24, 2.45) is 0 Å². The Kier molecular flexibility index (Phi) is 3.27. The minimum atomic E-state index is 0.651. The van der Waals surface area contributed by atoms with Crippen molar-refractivity contribution in [2.75, 3.05) is 5.75 Å². The van der Waals surface area contributed by atoms with Crippen LogP contribution in [0.4, 0.5) is 0 Å². The van der Waals surface area contributed by atoms with Gasteiger partial charge in [-0.25, -0.2) is 9.97 Å². The van der Waals surface area contributed by atoms with Crippen LogP contribution in [-0.2, 0) is 12.8 Å². The SMILES string of the molecule is C#CCSc1nc(C)c2c(n1)CCCC2. The van der Waals surface area contributed by atoms with E-state index in [-0.39, 0.29) is 0 Å². The van der Waals surface area contributed by atoms with Gasteiger partial charge < -0.3 is 0 Å². The fourth-order valence-electron chi connectivity index (χ4n) is 1.92. The Morgan fingerprint density at radius 1 is 1.33 bits per heavy atom. The molecular formula is C12H14N2S. The molecule has 0 aliphatic heterocycles. The van der Waals surface area contributed by atoms with Crippen molar-refractivity contribution in [1.29, 1.82) is 0 Å². The van der Waals surface area contributed by atoms with E-state index >= 15 is 0 Å². The summed E-state index contributed by atoms with van der Waals surface area (Å²) in [6.45, 7) is 2.08. The van der Waals surface area contributed by atoms with Crippen molar-refractivity contribution in [1.82, 2.24) is 9.97 Å². The Bertz CT molecular complexity index is 407. The molecule has 0 aromatic carbocycles. The lowest BCUT2D eigenvalue weighted by Crippen LogP contribution is -2.10. The lowest BCUT2D eigenvalue weighted by atomic mass is 9.95. The van der Waals surface area contributed by atoms with Crippen LogP contribution in [0.15, 0.2) is 5.16 Å². The lowest BCUT2D eigenvalue weighted by molar-refractivity contribution is 0.642. The molecule has 0 amide bonds. The number of thioether (sulfide) groups is 1. The van der Waals surface area contributed by atoms with E-state index in [1.54, 1.807) is 11.8 Å². The highest BCUT2D eigenvalue weighted by atomic mass is 32.2. The third kappa shape index (κ3) is 2.32. The Balaban J connectivity index is 2.29. The molecule has 1 aliphatic carbocycles. The van der Waals surface area contributed by atoms with Gasteiger partial charge in [0.2, 0.25) is 0 Å². The molecule has 1 aromatic heterocycles. The lowest BCUT2D eigenvalue weighted by Gasteiger charge is -2.16. The molecule has 1 aliphatic rings. The van der Waals surface area contributed by atoms with E-state index in [4.69, 9.17) is 6.42 Å². The van der Waals surface area contributed by atoms with Crippen LogP contribution in [0.5, 0.6) is 0 Å². The van der Waals surface area contributed by atoms with Gasteiger partial charge in [-0.2, -0.15) is 0 Å². The summed E-state index contributed by atoms with van der Waals surface area (Å²) in [4.78, 5) is 9.05. The number of nitrogens with zero attached hydrogens (tertiary/aromatic N) is 2. The summed E-state index contributed by atoms with van der Waals surface area (Å²) in [7, 11) is 0. The predicted octanol–water partition coefficient (Wildman–Crippen LogP) is 2.39. The smallest absolute Gasteiger partial charge is 0.188 e. The number of terminal acetylenes is 1. The molecule has 1 aromatic rings. The molecular weight excluding hydrogens is 204 g/mol. The van der Waals surface area contributed by atoms with E-state index in [1.807, 2.05) is 0 Å². The Hall–Kier alpha value is -1.01. The molecule has 0 saturated carbocycles. The van der Waals surface area contributed by atoms with Gasteiger partial charge in [-0.05, 0) is 38.2 Å². The van der Waals surface area contributed by atoms with Crippen molar-refractivity contribution in [3.63, 3.8) is 0 Å². The third-order valence-electron chi connectivity index (χ3n) is 2.65. The quantitative estimate of drug-likeness (QED) is 0.433. The largest absolute Gasteiger partial charge is 0.228 e. The summed E-state index contributed by atoms with van der Waals surface area (Å²) >= 11 is 1.55. The zero-order valence-electron chi connectivity index (χ0n) is 8.92. The number of aromatic nitrogens is 2. The average molecular weight is 218 g/mol. The van der Waals surface area contributed by atoms with Crippen LogP contribution in [0.25, 0.3) is 0 Å². The maximum atomic E-state index is 5.23. The first-order valence-electron chi connectivity index (χ1n) is 5.24. The predicted molar refractivity (Wildman–Crippen MR) is 63.0 cm³/mol. The molecule has 0 fully saturated rings. The van der Waals surface area contributed by atoms with Gasteiger partial charge in [-0.3, -0.25) is 0 Å². The van der Waals surface area contributed by atoms with E-state index < -0.39 is 0 Å². The van der Waals surface area contributed by atoms with E-state index in [0.29, 0.717) is 5.75 Å². The summed E-state index contributed by atoms with van der Waals surface area (Å²) in [5, 5.41) is 0.839. The fourth-order valence-corrected chi connectivity index (χ4v) is 2.51. The van der Waals surface area contributed by atoms with Crippen molar-refractivity contribution in [2.45, 2.75) is 37.8 Å². The summed E-state index contributed by atoms with van der Waals surface area (Å²) in [6.07, 6.45) is 9.99. The first kappa shape index (κ1) is 10.5. The normalized spacial score (nSPS) is 14.4. The first-order chi connectivity index (χ1) is 7.31. The molecule has 0 N–H and O–H groups in total. The highest BCUT2D eigenvalue weighted by Gasteiger charge is 2.15. The van der Waals surface area contributed by atoms with Gasteiger partial charge in [0.1, 0.15) is 0 Å². The second-order valence-corrected chi connectivity index (χ2v) is 4.66. The first-order valence-corrected chi connectivity index (χ1v) is 6.22. The van der Waals surface area contributed by atoms with Gasteiger partial charge >= 0.3 is 0 Å². The second kappa shape index (κ2) is 4.67. The molecule has 78 valence electrons. The molecule has 2 nitrogen and oxygen atoms in total. The van der Waals surface area contributed by atoms with Crippen LogP contribution >= 0.6 is 11.8 Å². The van der Waals surface area contributed by atoms with E-state index in [0.717, 1.165) is 23.7 Å². The minimum Gasteiger partial charge on any atom is -0.228 e. The van der Waals surface area contributed by atoms with Crippen molar-refractivity contribution in [3.05, 3.63) is 17.0 Å². The van der Waals surface area contributed by atoms with E-state index in [9.17, 15) is 0 Å². The molecule has 0 saturated heterocycles. The van der Waals surface area contributed by atoms with Gasteiger partial charge in [0.15, 0.2) is 5.16 Å². The molecule has 0 atom stereocenters. The van der Waals surface area contributed by atoms with Gasteiger partial charge in [0.25, 0.3) is 0 Å². The van der Waals surface area contributed by atoms with Gasteiger partial charge in [0, 0.05) is 11.4 Å². The molecule has 15 heavy (non-hydrogen) atoms. The van der Waals surface area contributed by atoms with E-state index in [1.165, 1.54) is 24.1 Å². The Morgan fingerprint density at radius 2 is 2.13 bits per heavy atom. The van der Waals surface area contributed by atoms with Crippen LogP contribution in [0.3, 0.4) is 0 Å². The Labute approximate surface area is 94.9 Å². The average Bonchev–Trinajstić information content (AvgIpc) is 2.26. The van der Waals surface area contributed by atoms with Crippen molar-refractivity contribution < 1.29 is 0 Å². The van der Waals surface area contributed by atoms with E-state index in [2.05, 4.69) is 22.8 Å². The molecule has 3 heteroatoms. The highest BCUT2D eigenvalue weighted by Crippen LogP contribution is 2.24. The van der Waals surface area contributed by atoms with Crippen LogP contribution < -0.4 is 0 Å². The number of hydrogen-bond acceptors (Lipinski definition) is 3. The fraction of sp³-hybridized carbons (Fsp3) is 0.500. The van der Waals surface area contributed by atoms with Gasteiger partial charge in [-0.15, -0.1) is 6.42 Å². The molecule has 0 unspecified atom stereocenters. The Morgan fingerprint density at radius 3 is 2.93 bits per heavy atom. The summed E-state index contributed by atoms with van der Waals surface area (Å²) in [6, 6.07) is 0. The van der Waals surface area contributed by atoms with Gasteiger partial charge in [-0.1, -0.05) is 17.7 Å². The monoisotopic (exact) mass is 218 g/mol. The number of fused-ring (bicyclic) bond motifs is 1. The summed E-state index contributed by atoms with van der Waals surface area (Å²) < 4.78 is 0. The minimum absolute atomic E-state index is 0.651. The van der Waals surface area contributed by atoms with Crippen LogP contribution in [0.1, 0.15) is 29.8 Å². The molecule has 0 radical (unpaired) electrons. The highest BCUT2D eigenvalue weighted by molar-refractivity contribution is 7.99. The number of aryl methyl sites for hydroxylation is 2. The van der Waals surface area contributed by atoms with Gasteiger partial charge in [0.05, 0.1) is 5.75 Å². The molecule has 0 bridgehead atoms. The number of hydrogen-bond donors (Lipinski definition) is 0. The molecule has 1 heterocycles. The summed E-state index contributed by atoms with van der Waals surface area (Å²) in [5.74, 6) is 3.25. The molecule has 0 spiro atoms. The summed E-state index contributed by atoms with van der Waals surface area (Å²) in [5.41, 5.74) is 3.75. The van der Waals surface area contributed by atoms with Crippen LogP contribution in [-0.4, -0.2) is 15.7 Å². The number of rotatable bonds is 2. The van der Waals surface area contributed by atoms with Crippen LogP contribution in [0, 0.1) is 19.3 Å². The zero-order chi connectivity index (χ0) is 10.7. The van der Waals surface area contributed by atoms with Crippen molar-refractivity contribution in [3.8, 4) is 12.3 Å². The topological polar surface area (TPSA) is 25.8 Å². The van der Waals surface area contributed by atoms with Crippen LogP contribution in [0.2, 0.25) is 0 Å². The maximum Gasteiger partial charge on any atom is 0.188 e. The third-order valence-corrected chi connectivity index (χ3v) is 3.41. The molecule has 2 rings (SSSR count). The maximum absolute atomic E-state index is 5.23. The standard InChI is InChI=1S/C12H14N2S/c1-3-8-15-12-13-9(2)10-6-4-5-7-11(10)14-12/h1H,4-8H2,2H3. The zero-order valence-corrected chi connectivity index (χ0v) is 9.73. The van der Waals surface area contributed by atoms with Crippen molar-refractivity contribution >= 4 is 11.8 Å². The second-order valence-electron chi connectivity index (χ2n) is 3.72.